The van der Waals surface area contributed by atoms with Gasteiger partial charge in [0.25, 0.3) is 11.5 Å². The number of Topliss-reactive ketones (excluding diaryl/α,β-unsaturated/α-hetero) is 1. The maximum absolute atomic E-state index is 13.6. The predicted octanol–water partition coefficient (Wildman–Crippen LogP) is 3.42. The molecule has 3 heterocycles. The third-order valence-electron chi connectivity index (χ3n) is 6.97. The van der Waals surface area contributed by atoms with Crippen LogP contribution < -0.4 is 5.56 Å². The summed E-state index contributed by atoms with van der Waals surface area (Å²) in [5.74, 6) is -0.208. The zero-order chi connectivity index (χ0) is 24.2. The molecule has 1 unspecified atom stereocenters. The van der Waals surface area contributed by atoms with Gasteiger partial charge in [0.05, 0.1) is 5.02 Å². The molecule has 2 aliphatic heterocycles. The van der Waals surface area contributed by atoms with E-state index in [0.717, 1.165) is 30.5 Å². The van der Waals surface area contributed by atoms with Crippen molar-refractivity contribution in [1.82, 2.24) is 14.4 Å². The van der Waals surface area contributed by atoms with Crippen LogP contribution in [0.4, 0.5) is 0 Å². The smallest absolute Gasteiger partial charge is 0.253 e. The second-order valence-electron chi connectivity index (χ2n) is 9.33. The van der Waals surface area contributed by atoms with E-state index in [0.29, 0.717) is 37.4 Å². The Bertz CT molecular complexity index is 1100. The van der Waals surface area contributed by atoms with Crippen LogP contribution in [0.25, 0.3) is 0 Å². The van der Waals surface area contributed by atoms with Crippen LogP contribution in [0.3, 0.4) is 0 Å². The van der Waals surface area contributed by atoms with Crippen LogP contribution in [-0.4, -0.2) is 58.1 Å². The molecule has 1 aromatic heterocycles. The molecule has 2 fully saturated rings. The average molecular weight is 484 g/mol. The van der Waals surface area contributed by atoms with Gasteiger partial charge in [-0.1, -0.05) is 48.9 Å². The van der Waals surface area contributed by atoms with Crippen LogP contribution in [0.5, 0.6) is 0 Å². The molecule has 0 spiro atoms. The highest BCUT2D eigenvalue weighted by Crippen LogP contribution is 2.26. The van der Waals surface area contributed by atoms with E-state index in [-0.39, 0.29) is 16.8 Å². The Balaban J connectivity index is 1.51. The molecule has 0 saturated carbocycles. The molecule has 0 aliphatic carbocycles. The molecule has 1 atom stereocenters. The van der Waals surface area contributed by atoms with Crippen molar-refractivity contribution in [3.8, 4) is 0 Å². The number of carbonyl (C=O) groups is 3. The first kappa shape index (κ1) is 24.2. The summed E-state index contributed by atoms with van der Waals surface area (Å²) >= 11 is 6.10. The second kappa shape index (κ2) is 10.6. The van der Waals surface area contributed by atoms with E-state index in [1.165, 1.54) is 18.3 Å². The Morgan fingerprint density at radius 1 is 0.882 bits per heavy atom. The van der Waals surface area contributed by atoms with Crippen LogP contribution in [0, 0.1) is 11.8 Å². The predicted molar refractivity (Wildman–Crippen MR) is 130 cm³/mol. The summed E-state index contributed by atoms with van der Waals surface area (Å²) < 4.78 is 1.12. The average Bonchev–Trinajstić information content (AvgIpc) is 2.86. The minimum Gasteiger partial charge on any atom is -0.342 e. The number of ketones is 1. The lowest BCUT2D eigenvalue weighted by atomic mass is 9.92. The lowest BCUT2D eigenvalue weighted by Gasteiger charge is -2.37. The van der Waals surface area contributed by atoms with Crippen molar-refractivity contribution in [2.75, 3.05) is 26.2 Å². The van der Waals surface area contributed by atoms with E-state index in [1.54, 1.807) is 35.2 Å². The number of likely N-dealkylation sites (tertiary alicyclic amines) is 2. The van der Waals surface area contributed by atoms with Crippen molar-refractivity contribution >= 4 is 29.2 Å². The van der Waals surface area contributed by atoms with Gasteiger partial charge in [0.1, 0.15) is 0 Å². The van der Waals surface area contributed by atoms with E-state index in [2.05, 4.69) is 6.92 Å². The van der Waals surface area contributed by atoms with Crippen LogP contribution in [0.15, 0.2) is 53.5 Å². The Kier molecular flexibility index (Phi) is 7.51. The molecular formula is C26H30ClN3O4. The van der Waals surface area contributed by atoms with Gasteiger partial charge in [-0.25, -0.2) is 0 Å². The summed E-state index contributed by atoms with van der Waals surface area (Å²) in [6.45, 7) is 4.54. The third kappa shape index (κ3) is 5.25. The van der Waals surface area contributed by atoms with Crippen molar-refractivity contribution in [3.63, 3.8) is 0 Å². The molecule has 4 rings (SSSR count). The Hall–Kier alpha value is -2.93. The number of benzene rings is 1. The number of hydrogen-bond donors (Lipinski definition) is 0. The molecule has 0 radical (unpaired) electrons. The molecule has 0 N–H and O–H groups in total. The van der Waals surface area contributed by atoms with Crippen molar-refractivity contribution in [2.24, 2.45) is 11.8 Å². The van der Waals surface area contributed by atoms with Gasteiger partial charge >= 0.3 is 0 Å². The van der Waals surface area contributed by atoms with Crippen molar-refractivity contribution < 1.29 is 14.4 Å². The number of carbonyl (C=O) groups excluding carboxylic acids is 3. The van der Waals surface area contributed by atoms with Gasteiger partial charge in [-0.2, -0.15) is 0 Å². The van der Waals surface area contributed by atoms with Gasteiger partial charge in [-0.15, -0.1) is 0 Å². The van der Waals surface area contributed by atoms with E-state index < -0.39 is 23.3 Å². The third-order valence-corrected chi connectivity index (χ3v) is 7.20. The second-order valence-corrected chi connectivity index (χ2v) is 9.77. The Labute approximate surface area is 204 Å². The number of pyridine rings is 1. The first-order chi connectivity index (χ1) is 16.3. The maximum atomic E-state index is 13.6. The van der Waals surface area contributed by atoms with Crippen molar-refractivity contribution in [3.05, 3.63) is 69.6 Å². The monoisotopic (exact) mass is 483 g/mol. The number of halogens is 1. The zero-order valence-electron chi connectivity index (χ0n) is 19.4. The molecule has 2 amide bonds. The van der Waals surface area contributed by atoms with Crippen LogP contribution in [0.2, 0.25) is 5.02 Å². The van der Waals surface area contributed by atoms with Crippen LogP contribution in [0.1, 0.15) is 49.0 Å². The SMILES string of the molecule is CC1CCN(C(=O)C2CCN(C(=O)C(C(=O)c3ccccc3)n3cc(Cl)ccc3=O)CC2)CC1. The van der Waals surface area contributed by atoms with E-state index >= 15 is 0 Å². The van der Waals surface area contributed by atoms with Crippen LogP contribution in [-0.2, 0) is 9.59 Å². The summed E-state index contributed by atoms with van der Waals surface area (Å²) in [5.41, 5.74) is -0.131. The fourth-order valence-electron chi connectivity index (χ4n) is 4.80. The first-order valence-corrected chi connectivity index (χ1v) is 12.3. The standard InChI is InChI=1S/C26H30ClN3O4/c1-18-9-13-28(14-10-18)25(33)20-11-15-29(16-12-20)26(34)23(24(32)19-5-3-2-4-6-19)30-17-21(27)7-8-22(30)31/h2-8,17-18,20,23H,9-16H2,1H3. The van der Waals surface area contributed by atoms with Crippen molar-refractivity contribution in [2.45, 2.75) is 38.6 Å². The summed E-state index contributed by atoms with van der Waals surface area (Å²) in [7, 11) is 0. The molecule has 2 aromatic rings. The van der Waals surface area contributed by atoms with Gasteiger partial charge < -0.3 is 9.80 Å². The molecule has 7 nitrogen and oxygen atoms in total. The Morgan fingerprint density at radius 3 is 2.15 bits per heavy atom. The first-order valence-electron chi connectivity index (χ1n) is 11.9. The normalized spacial score (nSPS) is 18.5. The lowest BCUT2D eigenvalue weighted by molar-refractivity contribution is -0.142. The molecule has 0 bridgehead atoms. The molecular weight excluding hydrogens is 454 g/mol. The quantitative estimate of drug-likeness (QED) is 0.482. The highest BCUT2D eigenvalue weighted by Gasteiger charge is 2.37. The molecule has 1 aromatic carbocycles. The topological polar surface area (TPSA) is 79.7 Å². The van der Waals surface area contributed by atoms with Crippen molar-refractivity contribution in [1.29, 1.82) is 0 Å². The van der Waals surface area contributed by atoms with Gasteiger partial charge in [0.2, 0.25) is 5.91 Å². The summed E-state index contributed by atoms with van der Waals surface area (Å²) in [5, 5.41) is 0.262. The van der Waals surface area contributed by atoms with Gasteiger partial charge in [-0.05, 0) is 37.7 Å². The maximum Gasteiger partial charge on any atom is 0.253 e. The number of nitrogens with zero attached hydrogens (tertiary/aromatic N) is 3. The highest BCUT2D eigenvalue weighted by atomic mass is 35.5. The van der Waals surface area contributed by atoms with Gasteiger partial charge in [0.15, 0.2) is 11.8 Å². The molecule has 180 valence electrons. The van der Waals surface area contributed by atoms with E-state index in [4.69, 9.17) is 11.6 Å². The fourth-order valence-corrected chi connectivity index (χ4v) is 4.97. The minimum absolute atomic E-state index is 0.116. The minimum atomic E-state index is -1.34. The molecule has 34 heavy (non-hydrogen) atoms. The number of amides is 2. The van der Waals surface area contributed by atoms with E-state index in [1.807, 2.05) is 4.90 Å². The molecule has 2 saturated heterocycles. The fraction of sp³-hybridized carbons (Fsp3) is 0.462. The molecule has 8 heteroatoms. The van der Waals surface area contributed by atoms with Gasteiger partial charge in [-0.3, -0.25) is 23.7 Å². The number of piperidine rings is 2. The number of rotatable bonds is 5. The zero-order valence-corrected chi connectivity index (χ0v) is 20.1. The van der Waals surface area contributed by atoms with Crippen LogP contribution >= 0.6 is 11.6 Å². The largest absolute Gasteiger partial charge is 0.342 e. The highest BCUT2D eigenvalue weighted by molar-refractivity contribution is 6.30. The summed E-state index contributed by atoms with van der Waals surface area (Å²) in [6.07, 6.45) is 4.49. The molecule has 2 aliphatic rings. The summed E-state index contributed by atoms with van der Waals surface area (Å²) in [6, 6.07) is 9.82. The summed E-state index contributed by atoms with van der Waals surface area (Å²) in [4.78, 5) is 56.1. The van der Waals surface area contributed by atoms with E-state index in [9.17, 15) is 19.2 Å². The number of aromatic nitrogens is 1. The lowest BCUT2D eigenvalue weighted by Crippen LogP contribution is -2.49. The van der Waals surface area contributed by atoms with Gasteiger partial charge in [0, 0.05) is 49.9 Å². The number of hydrogen-bond acceptors (Lipinski definition) is 4. The Morgan fingerprint density at radius 2 is 1.50 bits per heavy atom.